The molecule has 0 radical (unpaired) electrons. The van der Waals surface area contributed by atoms with Crippen LogP contribution in [0.1, 0.15) is 30.9 Å². The molecular formula is C13H20N2O2S. The Hall–Kier alpha value is -0.490. The van der Waals surface area contributed by atoms with Crippen LogP contribution in [-0.2, 0) is 4.74 Å². The molecule has 2 aliphatic rings. The second kappa shape index (κ2) is 5.25. The molecule has 0 saturated carbocycles. The van der Waals surface area contributed by atoms with Gasteiger partial charge in [0.1, 0.15) is 0 Å². The molecule has 1 spiro atoms. The number of furan rings is 1. The molecule has 0 aromatic carbocycles. The van der Waals surface area contributed by atoms with E-state index in [2.05, 4.69) is 5.43 Å². The quantitative estimate of drug-likeness (QED) is 0.649. The lowest BCUT2D eigenvalue weighted by Crippen LogP contribution is -2.45. The third-order valence-electron chi connectivity index (χ3n) is 4.15. The Bertz CT molecular complexity index is 376. The van der Waals surface area contributed by atoms with Gasteiger partial charge in [0, 0.05) is 17.9 Å². The van der Waals surface area contributed by atoms with E-state index in [1.807, 2.05) is 17.8 Å². The second-order valence-electron chi connectivity index (χ2n) is 5.29. The van der Waals surface area contributed by atoms with Crippen LogP contribution in [0.25, 0.3) is 0 Å². The minimum absolute atomic E-state index is 0.104. The minimum atomic E-state index is 0.104. The molecule has 3 unspecified atom stereocenters. The van der Waals surface area contributed by atoms with E-state index >= 15 is 0 Å². The summed E-state index contributed by atoms with van der Waals surface area (Å²) in [6.07, 6.45) is 6.83. The molecule has 5 heteroatoms. The predicted octanol–water partition coefficient (Wildman–Crippen LogP) is 2.09. The molecule has 100 valence electrons. The van der Waals surface area contributed by atoms with Gasteiger partial charge in [-0.2, -0.15) is 11.8 Å². The first-order valence-electron chi connectivity index (χ1n) is 6.53. The number of thioether (sulfide) groups is 1. The number of rotatable bonds is 3. The Labute approximate surface area is 112 Å². The zero-order chi connectivity index (χ0) is 12.4. The normalized spacial score (nSPS) is 33.9. The number of ether oxygens (including phenoxy) is 1. The first kappa shape index (κ1) is 12.5. The van der Waals surface area contributed by atoms with E-state index in [4.69, 9.17) is 15.0 Å². The first-order chi connectivity index (χ1) is 8.83. The molecule has 0 bridgehead atoms. The maximum absolute atomic E-state index is 6.06. The van der Waals surface area contributed by atoms with Crippen molar-refractivity contribution >= 4 is 11.8 Å². The van der Waals surface area contributed by atoms with Crippen molar-refractivity contribution < 1.29 is 9.15 Å². The van der Waals surface area contributed by atoms with E-state index in [1.165, 1.54) is 12.2 Å². The van der Waals surface area contributed by atoms with Crippen LogP contribution in [-0.4, -0.2) is 23.7 Å². The Kier molecular flexibility index (Phi) is 3.66. The molecule has 4 nitrogen and oxygen atoms in total. The van der Waals surface area contributed by atoms with Crippen LogP contribution in [0, 0.1) is 5.92 Å². The second-order valence-corrected chi connectivity index (χ2v) is 6.39. The smallest absolute Gasteiger partial charge is 0.0950 e. The fraction of sp³-hybridized carbons (Fsp3) is 0.692. The zero-order valence-corrected chi connectivity index (χ0v) is 11.2. The summed E-state index contributed by atoms with van der Waals surface area (Å²) in [7, 11) is 0. The molecule has 2 fully saturated rings. The Morgan fingerprint density at radius 2 is 2.50 bits per heavy atom. The average molecular weight is 268 g/mol. The lowest BCUT2D eigenvalue weighted by atomic mass is 9.80. The van der Waals surface area contributed by atoms with Crippen molar-refractivity contribution in [3.8, 4) is 0 Å². The van der Waals surface area contributed by atoms with Gasteiger partial charge in [-0.3, -0.25) is 11.3 Å². The van der Waals surface area contributed by atoms with E-state index in [0.717, 1.165) is 30.8 Å². The van der Waals surface area contributed by atoms with Gasteiger partial charge in [-0.1, -0.05) is 0 Å². The van der Waals surface area contributed by atoms with Crippen LogP contribution >= 0.6 is 11.8 Å². The molecule has 0 aliphatic carbocycles. The molecule has 3 atom stereocenters. The summed E-state index contributed by atoms with van der Waals surface area (Å²) in [6.45, 7) is 0.848. The van der Waals surface area contributed by atoms with Gasteiger partial charge in [0.25, 0.3) is 0 Å². The van der Waals surface area contributed by atoms with Crippen molar-refractivity contribution in [3.63, 3.8) is 0 Å². The molecule has 2 saturated heterocycles. The molecule has 1 aromatic rings. The third-order valence-corrected chi connectivity index (χ3v) is 5.37. The molecule has 2 aliphatic heterocycles. The van der Waals surface area contributed by atoms with Crippen LogP contribution in [0.2, 0.25) is 0 Å². The Morgan fingerprint density at radius 3 is 3.17 bits per heavy atom. The van der Waals surface area contributed by atoms with Crippen LogP contribution in [0.3, 0.4) is 0 Å². The fourth-order valence-corrected chi connectivity index (χ4v) is 4.55. The van der Waals surface area contributed by atoms with Crippen LogP contribution in [0.5, 0.6) is 0 Å². The van der Waals surface area contributed by atoms with E-state index in [-0.39, 0.29) is 11.6 Å². The summed E-state index contributed by atoms with van der Waals surface area (Å²) >= 11 is 2.00. The van der Waals surface area contributed by atoms with Gasteiger partial charge in [0.05, 0.1) is 24.2 Å². The van der Waals surface area contributed by atoms with Crippen molar-refractivity contribution in [2.75, 3.05) is 18.1 Å². The number of nitrogens with two attached hydrogens (primary N) is 1. The van der Waals surface area contributed by atoms with Crippen LogP contribution in [0.4, 0.5) is 0 Å². The molecule has 3 heterocycles. The number of hydrogen-bond acceptors (Lipinski definition) is 5. The average Bonchev–Trinajstić information content (AvgIpc) is 3.03. The first-order valence-corrected chi connectivity index (χ1v) is 7.68. The van der Waals surface area contributed by atoms with Gasteiger partial charge < -0.3 is 9.15 Å². The van der Waals surface area contributed by atoms with E-state index < -0.39 is 0 Å². The summed E-state index contributed by atoms with van der Waals surface area (Å²) in [6, 6.07) is 2.17. The van der Waals surface area contributed by atoms with Crippen molar-refractivity contribution in [1.82, 2.24) is 5.43 Å². The Balaban J connectivity index is 1.74. The van der Waals surface area contributed by atoms with E-state index in [1.54, 1.807) is 12.5 Å². The van der Waals surface area contributed by atoms with Gasteiger partial charge in [-0.15, -0.1) is 0 Å². The molecule has 1 aromatic heterocycles. The van der Waals surface area contributed by atoms with E-state index in [9.17, 15) is 0 Å². The summed E-state index contributed by atoms with van der Waals surface area (Å²) < 4.78 is 11.2. The predicted molar refractivity (Wildman–Crippen MR) is 72.1 cm³/mol. The highest BCUT2D eigenvalue weighted by molar-refractivity contribution is 7.99. The van der Waals surface area contributed by atoms with Crippen molar-refractivity contribution in [2.45, 2.75) is 30.9 Å². The zero-order valence-electron chi connectivity index (χ0n) is 10.4. The van der Waals surface area contributed by atoms with Gasteiger partial charge in [-0.05, 0) is 37.0 Å². The highest BCUT2D eigenvalue weighted by Crippen LogP contribution is 2.43. The number of nitrogens with one attached hydrogen (secondary N) is 1. The summed E-state index contributed by atoms with van der Waals surface area (Å²) in [5.74, 6) is 8.62. The minimum Gasteiger partial charge on any atom is -0.472 e. The number of hydrazine groups is 1. The van der Waals surface area contributed by atoms with Crippen molar-refractivity contribution in [1.29, 1.82) is 0 Å². The maximum atomic E-state index is 6.06. The van der Waals surface area contributed by atoms with Gasteiger partial charge in [0.15, 0.2) is 0 Å². The monoisotopic (exact) mass is 268 g/mol. The molecule has 0 amide bonds. The SMILES string of the molecule is NNC(c1ccoc1)C1CCOC2(CCSC2)C1. The topological polar surface area (TPSA) is 60.4 Å². The van der Waals surface area contributed by atoms with Crippen LogP contribution in [0.15, 0.2) is 23.0 Å². The molecular weight excluding hydrogens is 248 g/mol. The fourth-order valence-electron chi connectivity index (χ4n) is 3.17. The summed E-state index contributed by atoms with van der Waals surface area (Å²) in [5, 5.41) is 0. The molecule has 3 N–H and O–H groups in total. The van der Waals surface area contributed by atoms with E-state index in [0.29, 0.717) is 5.92 Å². The standard InChI is InChI=1S/C13H20N2O2S/c14-15-12(11-1-4-16-8-11)10-2-5-17-13(7-10)3-6-18-9-13/h1,4,8,10,12,15H,2-3,5-7,9,14H2. The van der Waals surface area contributed by atoms with Crippen LogP contribution < -0.4 is 11.3 Å². The highest BCUT2D eigenvalue weighted by Gasteiger charge is 2.42. The van der Waals surface area contributed by atoms with Crippen molar-refractivity contribution in [2.24, 2.45) is 11.8 Å². The third kappa shape index (κ3) is 2.32. The molecule has 18 heavy (non-hydrogen) atoms. The highest BCUT2D eigenvalue weighted by atomic mass is 32.2. The maximum Gasteiger partial charge on any atom is 0.0950 e. The van der Waals surface area contributed by atoms with Gasteiger partial charge in [0.2, 0.25) is 0 Å². The Morgan fingerprint density at radius 1 is 1.56 bits per heavy atom. The van der Waals surface area contributed by atoms with Gasteiger partial charge >= 0.3 is 0 Å². The van der Waals surface area contributed by atoms with Gasteiger partial charge in [-0.25, -0.2) is 0 Å². The molecule has 3 rings (SSSR count). The largest absolute Gasteiger partial charge is 0.472 e. The summed E-state index contributed by atoms with van der Waals surface area (Å²) in [4.78, 5) is 0. The lowest BCUT2D eigenvalue weighted by Gasteiger charge is -2.40. The number of hydrogen-bond donors (Lipinski definition) is 2. The lowest BCUT2D eigenvalue weighted by molar-refractivity contribution is -0.0854. The van der Waals surface area contributed by atoms with Crippen molar-refractivity contribution in [3.05, 3.63) is 24.2 Å². The summed E-state index contributed by atoms with van der Waals surface area (Å²) in [5.41, 5.74) is 4.21.